The molecule has 2 rings (SSSR count). The number of methoxy groups -OCH3 is 1. The molecule has 1 aliphatic rings. The van der Waals surface area contributed by atoms with E-state index < -0.39 is 9.84 Å². The number of sulfone groups is 1. The van der Waals surface area contributed by atoms with Crippen LogP contribution in [0, 0.1) is 11.3 Å². The van der Waals surface area contributed by atoms with Gasteiger partial charge in [-0.1, -0.05) is 0 Å². The fourth-order valence-corrected chi connectivity index (χ4v) is 3.48. The minimum Gasteiger partial charge on any atom is -0.383 e. The maximum Gasteiger partial charge on any atom is 0.179 e. The summed E-state index contributed by atoms with van der Waals surface area (Å²) in [6.45, 7) is 1.91. The molecule has 0 aromatic heterocycles. The standard InChI is InChI=1S/C15H20N2O3S/c1-20-10-8-17(14-4-5-14)9-11-21(18,19)15-6-2-13(12-16)3-7-15/h2-3,6-7,14H,4-5,8-11H2,1H3. The zero-order chi connectivity index (χ0) is 15.3. The van der Waals surface area contributed by atoms with Crippen LogP contribution >= 0.6 is 0 Å². The minimum absolute atomic E-state index is 0.0963. The summed E-state index contributed by atoms with van der Waals surface area (Å²) in [4.78, 5) is 2.47. The Hall–Kier alpha value is -1.42. The first-order valence-corrected chi connectivity index (χ1v) is 8.68. The Labute approximate surface area is 126 Å². The molecule has 5 nitrogen and oxygen atoms in total. The van der Waals surface area contributed by atoms with Crippen molar-refractivity contribution in [1.82, 2.24) is 4.90 Å². The second-order valence-electron chi connectivity index (χ2n) is 5.21. The molecule has 0 heterocycles. The summed E-state index contributed by atoms with van der Waals surface area (Å²) in [5.74, 6) is 0.0963. The Bertz CT molecular complexity index is 601. The lowest BCUT2D eigenvalue weighted by Crippen LogP contribution is -2.34. The fraction of sp³-hybridized carbons (Fsp3) is 0.533. The zero-order valence-electron chi connectivity index (χ0n) is 12.2. The number of ether oxygens (including phenoxy) is 1. The van der Waals surface area contributed by atoms with Crippen molar-refractivity contribution in [3.05, 3.63) is 29.8 Å². The molecule has 6 heteroatoms. The molecule has 0 unspecified atom stereocenters. The van der Waals surface area contributed by atoms with Crippen molar-refractivity contribution >= 4 is 9.84 Å². The van der Waals surface area contributed by atoms with Gasteiger partial charge in [0.1, 0.15) is 0 Å². The molecule has 0 atom stereocenters. The summed E-state index contributed by atoms with van der Waals surface area (Å²) in [6, 6.07) is 8.58. The lowest BCUT2D eigenvalue weighted by Gasteiger charge is -2.21. The predicted molar refractivity (Wildman–Crippen MR) is 79.7 cm³/mol. The van der Waals surface area contributed by atoms with Gasteiger partial charge in [-0.25, -0.2) is 8.42 Å². The Morgan fingerprint density at radius 2 is 1.95 bits per heavy atom. The molecule has 0 bridgehead atoms. The molecule has 0 saturated heterocycles. The van der Waals surface area contributed by atoms with Crippen LogP contribution in [0.4, 0.5) is 0 Å². The Morgan fingerprint density at radius 3 is 2.48 bits per heavy atom. The average molecular weight is 308 g/mol. The van der Waals surface area contributed by atoms with Gasteiger partial charge in [0.15, 0.2) is 9.84 Å². The fourth-order valence-electron chi connectivity index (χ4n) is 2.22. The molecule has 0 N–H and O–H groups in total. The molecule has 1 saturated carbocycles. The van der Waals surface area contributed by atoms with E-state index in [1.54, 1.807) is 7.11 Å². The van der Waals surface area contributed by atoms with Gasteiger partial charge in [0.25, 0.3) is 0 Å². The lowest BCUT2D eigenvalue weighted by atomic mass is 10.2. The second-order valence-corrected chi connectivity index (χ2v) is 7.32. The third-order valence-electron chi connectivity index (χ3n) is 3.64. The quantitative estimate of drug-likeness (QED) is 0.727. The van der Waals surface area contributed by atoms with Crippen LogP contribution in [0.5, 0.6) is 0 Å². The number of nitrogens with zero attached hydrogens (tertiary/aromatic N) is 2. The van der Waals surface area contributed by atoms with E-state index in [2.05, 4.69) is 4.90 Å². The van der Waals surface area contributed by atoms with Crippen molar-refractivity contribution in [3.63, 3.8) is 0 Å². The van der Waals surface area contributed by atoms with Crippen molar-refractivity contribution in [2.45, 2.75) is 23.8 Å². The molecule has 1 aliphatic carbocycles. The Kier molecular flexibility index (Phi) is 5.34. The van der Waals surface area contributed by atoms with Gasteiger partial charge in [0, 0.05) is 26.2 Å². The molecule has 0 spiro atoms. The van der Waals surface area contributed by atoms with Crippen LogP contribution in [-0.4, -0.2) is 51.9 Å². The molecule has 0 amide bonds. The SMILES string of the molecule is COCCN(CCS(=O)(=O)c1ccc(C#N)cc1)C1CC1. The van der Waals surface area contributed by atoms with E-state index >= 15 is 0 Å². The predicted octanol–water partition coefficient (Wildman–Crippen LogP) is 1.44. The van der Waals surface area contributed by atoms with E-state index in [4.69, 9.17) is 10.00 Å². The maximum absolute atomic E-state index is 12.3. The first-order chi connectivity index (χ1) is 10.1. The first kappa shape index (κ1) is 16.0. The van der Waals surface area contributed by atoms with Gasteiger partial charge in [0.2, 0.25) is 0 Å². The number of hydrogen-bond acceptors (Lipinski definition) is 5. The minimum atomic E-state index is -3.30. The summed E-state index contributed by atoms with van der Waals surface area (Å²) in [5.41, 5.74) is 0.466. The van der Waals surface area contributed by atoms with Crippen LogP contribution in [0.2, 0.25) is 0 Å². The number of benzene rings is 1. The number of rotatable bonds is 8. The van der Waals surface area contributed by atoms with E-state index in [1.807, 2.05) is 6.07 Å². The topological polar surface area (TPSA) is 70.4 Å². The summed E-state index contributed by atoms with van der Waals surface area (Å²) >= 11 is 0. The van der Waals surface area contributed by atoms with Crippen molar-refractivity contribution in [2.75, 3.05) is 32.6 Å². The second kappa shape index (κ2) is 7.03. The smallest absolute Gasteiger partial charge is 0.179 e. The van der Waals surface area contributed by atoms with E-state index in [0.717, 1.165) is 19.4 Å². The molecular weight excluding hydrogens is 288 g/mol. The van der Waals surface area contributed by atoms with Gasteiger partial charge < -0.3 is 4.74 Å². The van der Waals surface area contributed by atoms with Crippen molar-refractivity contribution < 1.29 is 13.2 Å². The van der Waals surface area contributed by atoms with E-state index in [-0.39, 0.29) is 10.6 Å². The number of nitriles is 1. The molecule has 1 fully saturated rings. The highest BCUT2D eigenvalue weighted by molar-refractivity contribution is 7.91. The van der Waals surface area contributed by atoms with Crippen LogP contribution in [0.1, 0.15) is 18.4 Å². The zero-order valence-corrected chi connectivity index (χ0v) is 13.0. The van der Waals surface area contributed by atoms with Crippen molar-refractivity contribution in [1.29, 1.82) is 5.26 Å². The molecule has 114 valence electrons. The summed E-state index contributed by atoms with van der Waals surface area (Å²) < 4.78 is 29.7. The van der Waals surface area contributed by atoms with Gasteiger partial charge in [-0.05, 0) is 37.1 Å². The third kappa shape index (κ3) is 4.53. The largest absolute Gasteiger partial charge is 0.383 e. The molecule has 1 aromatic carbocycles. The third-order valence-corrected chi connectivity index (χ3v) is 5.35. The Balaban J connectivity index is 1.97. The monoisotopic (exact) mass is 308 g/mol. The maximum atomic E-state index is 12.3. The van der Waals surface area contributed by atoms with Gasteiger partial charge >= 0.3 is 0 Å². The van der Waals surface area contributed by atoms with Gasteiger partial charge in [-0.15, -0.1) is 0 Å². The van der Waals surface area contributed by atoms with Gasteiger partial charge in [-0.2, -0.15) is 5.26 Å². The highest BCUT2D eigenvalue weighted by atomic mass is 32.2. The summed E-state index contributed by atoms with van der Waals surface area (Å²) in [7, 11) is -1.65. The first-order valence-electron chi connectivity index (χ1n) is 7.03. The van der Waals surface area contributed by atoms with Crippen LogP contribution in [0.25, 0.3) is 0 Å². The van der Waals surface area contributed by atoms with Crippen LogP contribution in [0.15, 0.2) is 29.2 Å². The highest BCUT2D eigenvalue weighted by Crippen LogP contribution is 2.26. The normalized spacial score (nSPS) is 15.1. The molecule has 1 aromatic rings. The lowest BCUT2D eigenvalue weighted by molar-refractivity contribution is 0.147. The average Bonchev–Trinajstić information content (AvgIpc) is 3.32. The Morgan fingerprint density at radius 1 is 1.29 bits per heavy atom. The van der Waals surface area contributed by atoms with Crippen LogP contribution in [0.3, 0.4) is 0 Å². The number of hydrogen-bond donors (Lipinski definition) is 0. The highest BCUT2D eigenvalue weighted by Gasteiger charge is 2.29. The van der Waals surface area contributed by atoms with E-state index in [1.165, 1.54) is 24.3 Å². The van der Waals surface area contributed by atoms with Crippen LogP contribution in [-0.2, 0) is 14.6 Å². The van der Waals surface area contributed by atoms with Gasteiger partial charge in [0.05, 0.1) is 28.9 Å². The summed E-state index contributed by atoms with van der Waals surface area (Å²) in [6.07, 6.45) is 2.28. The van der Waals surface area contributed by atoms with E-state index in [0.29, 0.717) is 24.8 Å². The van der Waals surface area contributed by atoms with E-state index in [9.17, 15) is 8.42 Å². The molecular formula is C15H20N2O3S. The van der Waals surface area contributed by atoms with Crippen molar-refractivity contribution in [2.24, 2.45) is 0 Å². The van der Waals surface area contributed by atoms with Gasteiger partial charge in [-0.3, -0.25) is 4.90 Å². The van der Waals surface area contributed by atoms with Crippen molar-refractivity contribution in [3.8, 4) is 6.07 Å². The van der Waals surface area contributed by atoms with Crippen LogP contribution < -0.4 is 0 Å². The molecule has 0 aliphatic heterocycles. The summed E-state index contributed by atoms with van der Waals surface area (Å²) in [5, 5.41) is 8.74. The molecule has 21 heavy (non-hydrogen) atoms. The molecule has 0 radical (unpaired) electrons.